The summed E-state index contributed by atoms with van der Waals surface area (Å²) in [5.41, 5.74) is 2.62. The Morgan fingerprint density at radius 2 is 1.76 bits per heavy atom. The predicted molar refractivity (Wildman–Crippen MR) is 111 cm³/mol. The van der Waals surface area contributed by atoms with Crippen LogP contribution in [0.3, 0.4) is 0 Å². The number of hydrogen-bond donors (Lipinski definition) is 2. The Bertz CT molecular complexity index is 1000. The summed E-state index contributed by atoms with van der Waals surface area (Å²) in [6.07, 6.45) is 1.73. The third kappa shape index (κ3) is 5.51. The van der Waals surface area contributed by atoms with E-state index in [-0.39, 0.29) is 23.7 Å². The first kappa shape index (κ1) is 20.3. The zero-order chi connectivity index (χ0) is 21.0. The molecule has 0 fully saturated rings. The van der Waals surface area contributed by atoms with E-state index in [0.717, 1.165) is 11.3 Å². The average Bonchev–Trinajstić information content (AvgIpc) is 3.12. The van der Waals surface area contributed by atoms with Crippen LogP contribution in [0.1, 0.15) is 48.1 Å². The molecule has 3 aromatic rings. The van der Waals surface area contributed by atoms with E-state index < -0.39 is 0 Å². The van der Waals surface area contributed by atoms with E-state index in [4.69, 9.17) is 4.52 Å². The van der Waals surface area contributed by atoms with Crippen LogP contribution < -0.4 is 10.6 Å². The molecule has 0 atom stereocenters. The fourth-order valence-corrected chi connectivity index (χ4v) is 2.57. The maximum Gasteiger partial charge on any atom is 0.257 e. The van der Waals surface area contributed by atoms with Crippen LogP contribution in [0.2, 0.25) is 0 Å². The molecule has 2 aromatic heterocycles. The van der Waals surface area contributed by atoms with Crippen LogP contribution >= 0.6 is 0 Å². The Morgan fingerprint density at radius 1 is 1.03 bits per heavy atom. The third-order valence-electron chi connectivity index (χ3n) is 4.27. The van der Waals surface area contributed by atoms with Crippen LogP contribution in [0.5, 0.6) is 0 Å². The second kappa shape index (κ2) is 8.26. The number of carbonyl (C=O) groups is 2. The number of nitrogens with zero attached hydrogens (tertiary/aromatic N) is 2. The molecule has 0 aliphatic rings. The lowest BCUT2D eigenvalue weighted by atomic mass is 9.93. The minimum absolute atomic E-state index is 0.176. The van der Waals surface area contributed by atoms with E-state index in [1.807, 2.05) is 27.7 Å². The van der Waals surface area contributed by atoms with Crippen LogP contribution in [0.25, 0.3) is 0 Å². The molecule has 2 amide bonds. The lowest BCUT2D eigenvalue weighted by Crippen LogP contribution is -2.15. The minimum Gasteiger partial charge on any atom is -0.359 e. The van der Waals surface area contributed by atoms with Gasteiger partial charge in [-0.3, -0.25) is 14.6 Å². The maximum absolute atomic E-state index is 12.2. The molecule has 0 unspecified atom stereocenters. The summed E-state index contributed by atoms with van der Waals surface area (Å²) in [5, 5.41) is 9.43. The van der Waals surface area contributed by atoms with E-state index in [9.17, 15) is 9.59 Å². The van der Waals surface area contributed by atoms with E-state index in [2.05, 4.69) is 20.8 Å². The fourth-order valence-electron chi connectivity index (χ4n) is 2.57. The first-order valence-corrected chi connectivity index (χ1v) is 9.31. The number of aryl methyl sites for hydroxylation is 1. The van der Waals surface area contributed by atoms with Gasteiger partial charge in [-0.05, 0) is 36.8 Å². The van der Waals surface area contributed by atoms with E-state index >= 15 is 0 Å². The van der Waals surface area contributed by atoms with Gasteiger partial charge in [0.15, 0.2) is 5.82 Å². The lowest BCUT2D eigenvalue weighted by Gasteiger charge is -2.12. The molecule has 2 N–H and O–H groups in total. The van der Waals surface area contributed by atoms with Gasteiger partial charge in [-0.25, -0.2) is 0 Å². The van der Waals surface area contributed by atoms with E-state index in [1.54, 1.807) is 48.7 Å². The van der Waals surface area contributed by atoms with Crippen molar-refractivity contribution in [1.82, 2.24) is 10.1 Å². The quantitative estimate of drug-likeness (QED) is 0.681. The second-order valence-electron chi connectivity index (χ2n) is 7.89. The number of aromatic nitrogens is 2. The van der Waals surface area contributed by atoms with Crippen LogP contribution in [-0.2, 0) is 16.6 Å². The first-order chi connectivity index (χ1) is 13.7. The first-order valence-electron chi connectivity index (χ1n) is 9.31. The standard InChI is InChI=1S/C22H24N4O3/c1-14-5-8-16(13-23-14)21(28)24-17-9-6-15(7-10-17)11-20(27)25-19-12-18(29-26-19)22(2,3)4/h5-10,12-13H,11H2,1-4H3,(H,24,28)(H,25,26,27). The zero-order valence-corrected chi connectivity index (χ0v) is 16.9. The molecule has 29 heavy (non-hydrogen) atoms. The number of nitrogens with one attached hydrogen (secondary N) is 2. The molecule has 0 radical (unpaired) electrons. The topological polar surface area (TPSA) is 97.1 Å². The highest BCUT2D eigenvalue weighted by Gasteiger charge is 2.20. The molecule has 0 saturated carbocycles. The Hall–Kier alpha value is -3.48. The van der Waals surface area contributed by atoms with Crippen LogP contribution in [-0.4, -0.2) is 22.0 Å². The van der Waals surface area contributed by atoms with Gasteiger partial charge in [0.1, 0.15) is 5.76 Å². The Labute approximate surface area is 169 Å². The van der Waals surface area contributed by atoms with Crippen molar-refractivity contribution in [2.75, 3.05) is 10.6 Å². The molecule has 0 saturated heterocycles. The van der Waals surface area contributed by atoms with Gasteiger partial charge in [-0.2, -0.15) is 0 Å². The molecule has 0 aliphatic carbocycles. The molecule has 0 aliphatic heterocycles. The smallest absolute Gasteiger partial charge is 0.257 e. The summed E-state index contributed by atoms with van der Waals surface area (Å²) in [6, 6.07) is 12.4. The molecule has 1 aromatic carbocycles. The summed E-state index contributed by atoms with van der Waals surface area (Å²) in [4.78, 5) is 28.6. The Kier molecular flexibility index (Phi) is 5.77. The van der Waals surface area contributed by atoms with Crippen molar-refractivity contribution in [3.8, 4) is 0 Å². The van der Waals surface area contributed by atoms with Gasteiger partial charge >= 0.3 is 0 Å². The number of benzene rings is 1. The molecule has 2 heterocycles. The number of anilines is 2. The molecule has 3 rings (SSSR count). The maximum atomic E-state index is 12.2. The van der Waals surface area contributed by atoms with E-state index in [1.165, 1.54) is 0 Å². The summed E-state index contributed by atoms with van der Waals surface area (Å²) in [7, 11) is 0. The van der Waals surface area contributed by atoms with Crippen LogP contribution in [0.4, 0.5) is 11.5 Å². The van der Waals surface area contributed by atoms with Crippen LogP contribution in [0, 0.1) is 6.92 Å². The average molecular weight is 392 g/mol. The van der Waals surface area contributed by atoms with Gasteiger partial charge in [-0.15, -0.1) is 0 Å². The fraction of sp³-hybridized carbons (Fsp3) is 0.273. The van der Waals surface area contributed by atoms with Crippen molar-refractivity contribution in [3.63, 3.8) is 0 Å². The highest BCUT2D eigenvalue weighted by Crippen LogP contribution is 2.24. The molecular weight excluding hydrogens is 368 g/mol. The van der Waals surface area contributed by atoms with Gasteiger partial charge < -0.3 is 15.2 Å². The molecule has 0 bridgehead atoms. The molecule has 150 valence electrons. The molecule has 7 nitrogen and oxygen atoms in total. The zero-order valence-electron chi connectivity index (χ0n) is 16.9. The summed E-state index contributed by atoms with van der Waals surface area (Å²) >= 11 is 0. The van der Waals surface area contributed by atoms with Crippen molar-refractivity contribution in [2.45, 2.75) is 39.5 Å². The summed E-state index contributed by atoms with van der Waals surface area (Å²) in [5.74, 6) is 0.678. The Balaban J connectivity index is 1.56. The Morgan fingerprint density at radius 3 is 2.34 bits per heavy atom. The van der Waals surface area contributed by atoms with Crippen molar-refractivity contribution in [1.29, 1.82) is 0 Å². The SMILES string of the molecule is Cc1ccc(C(=O)Nc2ccc(CC(=O)Nc3cc(C(C)(C)C)on3)cc2)cn1. The minimum atomic E-state index is -0.233. The van der Waals surface area contributed by atoms with Crippen molar-refractivity contribution < 1.29 is 14.1 Å². The van der Waals surface area contributed by atoms with Crippen molar-refractivity contribution >= 4 is 23.3 Å². The van der Waals surface area contributed by atoms with Gasteiger partial charge in [-0.1, -0.05) is 38.1 Å². The predicted octanol–water partition coefficient (Wildman–Crippen LogP) is 4.11. The van der Waals surface area contributed by atoms with Gasteiger partial charge in [0.05, 0.1) is 12.0 Å². The second-order valence-corrected chi connectivity index (χ2v) is 7.89. The highest BCUT2D eigenvalue weighted by molar-refractivity contribution is 6.04. The van der Waals surface area contributed by atoms with Gasteiger partial charge in [0.2, 0.25) is 5.91 Å². The molecule has 0 spiro atoms. The number of pyridine rings is 1. The summed E-state index contributed by atoms with van der Waals surface area (Å²) in [6.45, 7) is 7.89. The lowest BCUT2D eigenvalue weighted by molar-refractivity contribution is -0.115. The molecule has 7 heteroatoms. The monoisotopic (exact) mass is 392 g/mol. The van der Waals surface area contributed by atoms with Gasteiger partial charge in [0.25, 0.3) is 5.91 Å². The van der Waals surface area contributed by atoms with Crippen molar-refractivity contribution in [2.24, 2.45) is 0 Å². The summed E-state index contributed by atoms with van der Waals surface area (Å²) < 4.78 is 5.27. The van der Waals surface area contributed by atoms with Crippen LogP contribution in [0.15, 0.2) is 53.2 Å². The van der Waals surface area contributed by atoms with Crippen molar-refractivity contribution in [3.05, 3.63) is 71.2 Å². The van der Waals surface area contributed by atoms with E-state index in [0.29, 0.717) is 22.8 Å². The number of amides is 2. The van der Waals surface area contributed by atoms with Gasteiger partial charge in [0, 0.05) is 29.1 Å². The largest absolute Gasteiger partial charge is 0.359 e. The molecular formula is C22H24N4O3. The third-order valence-corrected chi connectivity index (χ3v) is 4.27. The number of rotatable bonds is 5. The highest BCUT2D eigenvalue weighted by atomic mass is 16.5. The normalized spacial score (nSPS) is 11.2. The number of hydrogen-bond acceptors (Lipinski definition) is 5. The number of carbonyl (C=O) groups excluding carboxylic acids is 2.